The number of hydrogen-bond donors (Lipinski definition) is 1. The number of sulfonamides is 1. The molecule has 21 heavy (non-hydrogen) atoms. The van der Waals surface area contributed by atoms with Gasteiger partial charge in [-0.05, 0) is 30.7 Å². The van der Waals surface area contributed by atoms with E-state index in [1.807, 2.05) is 0 Å². The minimum atomic E-state index is -3.98. The van der Waals surface area contributed by atoms with Gasteiger partial charge in [0.2, 0.25) is 0 Å². The monoisotopic (exact) mass is 330 g/mol. The van der Waals surface area contributed by atoms with Gasteiger partial charge in [0.05, 0.1) is 10.6 Å². The quantitative estimate of drug-likeness (QED) is 0.938. The zero-order valence-electron chi connectivity index (χ0n) is 11.2. The Labute approximate surface area is 126 Å². The molecule has 0 saturated carbocycles. The number of aryl methyl sites for hydroxylation is 2. The van der Waals surface area contributed by atoms with Gasteiger partial charge in [-0.1, -0.05) is 17.7 Å². The number of nitrogens with one attached hydrogen (secondary N) is 1. The van der Waals surface area contributed by atoms with Crippen LogP contribution in [0.1, 0.15) is 5.56 Å². The second-order valence-corrected chi connectivity index (χ2v) is 6.57. The number of pyridine rings is 1. The highest BCUT2D eigenvalue weighted by molar-refractivity contribution is 7.92. The maximum absolute atomic E-state index is 13.2. The molecular formula is C13H12ClFN2O3S. The van der Waals surface area contributed by atoms with Crippen molar-refractivity contribution in [3.05, 3.63) is 57.2 Å². The van der Waals surface area contributed by atoms with E-state index in [-0.39, 0.29) is 15.6 Å². The lowest BCUT2D eigenvalue weighted by Crippen LogP contribution is -2.20. The van der Waals surface area contributed by atoms with Crippen LogP contribution in [-0.2, 0) is 17.1 Å². The van der Waals surface area contributed by atoms with Crippen molar-refractivity contribution in [3.8, 4) is 0 Å². The van der Waals surface area contributed by atoms with Crippen LogP contribution >= 0.6 is 11.6 Å². The number of halogens is 2. The summed E-state index contributed by atoms with van der Waals surface area (Å²) < 4.78 is 41.2. The first-order chi connectivity index (χ1) is 9.70. The maximum atomic E-state index is 13.2. The number of hydrogen-bond acceptors (Lipinski definition) is 3. The van der Waals surface area contributed by atoms with Crippen LogP contribution in [0.15, 0.2) is 40.2 Å². The number of aromatic nitrogens is 1. The summed E-state index contributed by atoms with van der Waals surface area (Å²) in [6.45, 7) is 1.56. The number of nitrogens with zero attached hydrogens (tertiary/aromatic N) is 1. The fourth-order valence-electron chi connectivity index (χ4n) is 1.80. The minimum Gasteiger partial charge on any atom is -0.315 e. The van der Waals surface area contributed by atoms with Gasteiger partial charge in [0, 0.05) is 13.2 Å². The Hall–Kier alpha value is -1.86. The van der Waals surface area contributed by atoms with Gasteiger partial charge >= 0.3 is 0 Å². The van der Waals surface area contributed by atoms with Crippen LogP contribution in [0.2, 0.25) is 5.02 Å². The molecule has 0 saturated heterocycles. The molecule has 112 valence electrons. The van der Waals surface area contributed by atoms with Crippen molar-refractivity contribution in [2.75, 3.05) is 4.72 Å². The Morgan fingerprint density at radius 1 is 1.29 bits per heavy atom. The molecular weight excluding hydrogens is 319 g/mol. The first-order valence-corrected chi connectivity index (χ1v) is 7.72. The molecule has 0 aliphatic heterocycles. The number of benzene rings is 1. The van der Waals surface area contributed by atoms with E-state index < -0.39 is 21.4 Å². The highest BCUT2D eigenvalue weighted by Crippen LogP contribution is 2.21. The summed E-state index contributed by atoms with van der Waals surface area (Å²) in [6, 6.07) is 4.69. The van der Waals surface area contributed by atoms with Gasteiger partial charge in [-0.25, -0.2) is 12.8 Å². The summed E-state index contributed by atoms with van der Waals surface area (Å²) in [6.07, 6.45) is 1.29. The maximum Gasteiger partial charge on any atom is 0.269 e. The van der Waals surface area contributed by atoms with E-state index in [1.165, 1.54) is 31.4 Å². The van der Waals surface area contributed by atoms with E-state index in [0.29, 0.717) is 5.56 Å². The van der Waals surface area contributed by atoms with E-state index in [4.69, 9.17) is 11.6 Å². The Morgan fingerprint density at radius 3 is 2.57 bits per heavy atom. The van der Waals surface area contributed by atoms with Crippen LogP contribution in [0.5, 0.6) is 0 Å². The second kappa shape index (κ2) is 5.50. The minimum absolute atomic E-state index is 0.116. The summed E-state index contributed by atoms with van der Waals surface area (Å²) in [5, 5.41) is -0.117. The molecule has 0 atom stereocenters. The molecule has 8 heteroatoms. The van der Waals surface area contributed by atoms with Crippen LogP contribution in [-0.4, -0.2) is 13.0 Å². The van der Waals surface area contributed by atoms with Gasteiger partial charge < -0.3 is 4.57 Å². The molecule has 0 spiro atoms. The predicted octanol–water partition coefficient (Wildman–Crippen LogP) is 2.29. The predicted molar refractivity (Wildman–Crippen MR) is 78.6 cm³/mol. The van der Waals surface area contributed by atoms with E-state index >= 15 is 0 Å². The standard InChI is InChI=1S/C13H12ClFN2O3S/c1-8-3-4-9(15)5-12(8)21(19,20)16-10-6-11(14)13(18)17(2)7-10/h3-7,16H,1-2H3. The van der Waals surface area contributed by atoms with E-state index in [1.54, 1.807) is 6.92 Å². The lowest BCUT2D eigenvalue weighted by Gasteiger charge is -2.11. The van der Waals surface area contributed by atoms with Crippen molar-refractivity contribution in [1.82, 2.24) is 4.57 Å². The van der Waals surface area contributed by atoms with E-state index in [2.05, 4.69) is 4.72 Å². The van der Waals surface area contributed by atoms with Crippen LogP contribution in [0, 0.1) is 12.7 Å². The molecule has 0 aliphatic rings. The highest BCUT2D eigenvalue weighted by atomic mass is 35.5. The Bertz CT molecular complexity index is 836. The van der Waals surface area contributed by atoms with Gasteiger partial charge in [-0.15, -0.1) is 0 Å². The van der Waals surface area contributed by atoms with Gasteiger partial charge in [0.15, 0.2) is 0 Å². The highest BCUT2D eigenvalue weighted by Gasteiger charge is 2.18. The second-order valence-electron chi connectivity index (χ2n) is 4.51. The Kier molecular flexibility index (Phi) is 4.06. The summed E-state index contributed by atoms with van der Waals surface area (Å²) >= 11 is 5.72. The molecule has 1 aromatic carbocycles. The van der Waals surface area contributed by atoms with Gasteiger partial charge in [-0.2, -0.15) is 0 Å². The lowest BCUT2D eigenvalue weighted by molar-refractivity contribution is 0.594. The number of rotatable bonds is 3. The van der Waals surface area contributed by atoms with Gasteiger partial charge in [0.25, 0.3) is 15.6 Å². The molecule has 2 rings (SSSR count). The molecule has 2 aromatic rings. The van der Waals surface area contributed by atoms with Crippen LogP contribution in [0.3, 0.4) is 0 Å². The van der Waals surface area contributed by atoms with Crippen molar-refractivity contribution in [1.29, 1.82) is 0 Å². The van der Waals surface area contributed by atoms with Gasteiger partial charge in [-0.3, -0.25) is 9.52 Å². The summed E-state index contributed by atoms with van der Waals surface area (Å²) in [5.74, 6) is -0.653. The van der Waals surface area contributed by atoms with Crippen molar-refractivity contribution < 1.29 is 12.8 Å². The topological polar surface area (TPSA) is 68.2 Å². The van der Waals surface area contributed by atoms with Crippen molar-refractivity contribution in [3.63, 3.8) is 0 Å². The average Bonchev–Trinajstić information content (AvgIpc) is 2.38. The molecule has 0 amide bonds. The molecule has 1 N–H and O–H groups in total. The molecule has 1 heterocycles. The Balaban J connectivity index is 2.47. The van der Waals surface area contributed by atoms with Crippen molar-refractivity contribution >= 4 is 27.3 Å². The molecule has 0 unspecified atom stereocenters. The fraction of sp³-hybridized carbons (Fsp3) is 0.154. The van der Waals surface area contributed by atoms with Crippen LogP contribution < -0.4 is 10.3 Å². The van der Waals surface area contributed by atoms with Crippen LogP contribution in [0.25, 0.3) is 0 Å². The van der Waals surface area contributed by atoms with E-state index in [0.717, 1.165) is 10.6 Å². The summed E-state index contributed by atoms with van der Waals surface area (Å²) in [5.41, 5.74) is 0.0760. The third-order valence-electron chi connectivity index (χ3n) is 2.83. The molecule has 0 aliphatic carbocycles. The molecule has 5 nitrogen and oxygen atoms in total. The fourth-order valence-corrected chi connectivity index (χ4v) is 3.34. The third-order valence-corrected chi connectivity index (χ3v) is 4.63. The molecule has 0 fully saturated rings. The Morgan fingerprint density at radius 2 is 1.95 bits per heavy atom. The zero-order valence-corrected chi connectivity index (χ0v) is 12.8. The van der Waals surface area contributed by atoms with E-state index in [9.17, 15) is 17.6 Å². The van der Waals surface area contributed by atoms with Crippen LogP contribution in [0.4, 0.5) is 10.1 Å². The SMILES string of the molecule is Cc1ccc(F)cc1S(=O)(=O)Nc1cc(Cl)c(=O)n(C)c1. The average molecular weight is 331 g/mol. The molecule has 0 bridgehead atoms. The molecule has 0 radical (unpaired) electrons. The first kappa shape index (κ1) is 15.5. The smallest absolute Gasteiger partial charge is 0.269 e. The van der Waals surface area contributed by atoms with Gasteiger partial charge in [0.1, 0.15) is 10.8 Å². The molecule has 1 aromatic heterocycles. The van der Waals surface area contributed by atoms with Crippen molar-refractivity contribution in [2.45, 2.75) is 11.8 Å². The first-order valence-electron chi connectivity index (χ1n) is 5.86. The largest absolute Gasteiger partial charge is 0.315 e. The number of anilines is 1. The summed E-state index contributed by atoms with van der Waals surface area (Å²) in [7, 11) is -2.53. The zero-order chi connectivity index (χ0) is 15.8. The summed E-state index contributed by atoms with van der Waals surface area (Å²) in [4.78, 5) is 11.3. The normalized spacial score (nSPS) is 11.4. The lowest BCUT2D eigenvalue weighted by atomic mass is 10.2. The van der Waals surface area contributed by atoms with Crippen molar-refractivity contribution in [2.24, 2.45) is 7.05 Å². The third kappa shape index (κ3) is 3.25.